The number of hydrogen-bond donors (Lipinski definition) is 2. The van der Waals surface area contributed by atoms with Gasteiger partial charge in [-0.3, -0.25) is 9.69 Å². The van der Waals surface area contributed by atoms with E-state index in [9.17, 15) is 4.79 Å². The molecule has 5 nitrogen and oxygen atoms in total. The highest BCUT2D eigenvalue weighted by atomic mass is 16.5. The van der Waals surface area contributed by atoms with E-state index in [1.807, 2.05) is 4.90 Å². The smallest absolute Gasteiger partial charge is 0.307 e. The molecule has 0 aromatic rings. The third-order valence-corrected chi connectivity index (χ3v) is 3.23. The summed E-state index contributed by atoms with van der Waals surface area (Å²) in [6.45, 7) is 4.25. The van der Waals surface area contributed by atoms with Gasteiger partial charge in [-0.05, 0) is 6.42 Å². The molecular weight excluding hydrogens is 258 g/mol. The highest BCUT2D eigenvalue weighted by molar-refractivity contribution is 5.69. The zero-order valence-corrected chi connectivity index (χ0v) is 12.9. The van der Waals surface area contributed by atoms with Crippen molar-refractivity contribution in [2.45, 2.75) is 51.9 Å². The summed E-state index contributed by atoms with van der Waals surface area (Å²) in [5.74, 6) is -0.195. The monoisotopic (exact) mass is 289 g/mol. The van der Waals surface area contributed by atoms with Gasteiger partial charge >= 0.3 is 5.97 Å². The Balaban J connectivity index is 3.47. The predicted molar refractivity (Wildman–Crippen MR) is 79.6 cm³/mol. The van der Waals surface area contributed by atoms with Crippen molar-refractivity contribution in [3.05, 3.63) is 0 Å². The van der Waals surface area contributed by atoms with E-state index >= 15 is 0 Å². The number of aliphatic hydroxyl groups is 2. The van der Waals surface area contributed by atoms with Crippen LogP contribution in [0.5, 0.6) is 0 Å². The fraction of sp³-hybridized carbons (Fsp3) is 0.933. The average molecular weight is 289 g/mol. The molecule has 0 aromatic carbocycles. The van der Waals surface area contributed by atoms with Crippen LogP contribution in [0.1, 0.15) is 51.9 Å². The van der Waals surface area contributed by atoms with Crippen molar-refractivity contribution in [1.82, 2.24) is 4.90 Å². The second-order valence-electron chi connectivity index (χ2n) is 5.03. The molecule has 0 saturated heterocycles. The molecule has 0 fully saturated rings. The third kappa shape index (κ3) is 12.4. The largest absolute Gasteiger partial charge is 0.466 e. The summed E-state index contributed by atoms with van der Waals surface area (Å²) in [4.78, 5) is 13.4. The van der Waals surface area contributed by atoms with E-state index in [1.165, 1.54) is 25.7 Å². The summed E-state index contributed by atoms with van der Waals surface area (Å²) in [6, 6.07) is 0. The lowest BCUT2D eigenvalue weighted by Crippen LogP contribution is -2.32. The Morgan fingerprint density at radius 3 is 2.15 bits per heavy atom. The van der Waals surface area contributed by atoms with E-state index in [0.29, 0.717) is 32.7 Å². The van der Waals surface area contributed by atoms with Crippen molar-refractivity contribution in [2.24, 2.45) is 0 Å². The molecule has 0 saturated carbocycles. The molecule has 0 aliphatic heterocycles. The zero-order chi connectivity index (χ0) is 15.1. The molecule has 2 N–H and O–H groups in total. The van der Waals surface area contributed by atoms with Crippen LogP contribution in [0, 0.1) is 0 Å². The van der Waals surface area contributed by atoms with Gasteiger partial charge in [0.2, 0.25) is 0 Å². The number of esters is 1. The fourth-order valence-corrected chi connectivity index (χ4v) is 2.01. The summed E-state index contributed by atoms with van der Waals surface area (Å²) >= 11 is 0. The minimum absolute atomic E-state index is 0.0345. The van der Waals surface area contributed by atoms with Gasteiger partial charge in [0, 0.05) is 19.6 Å². The van der Waals surface area contributed by atoms with Crippen LogP contribution in [0.3, 0.4) is 0 Å². The van der Waals surface area contributed by atoms with Gasteiger partial charge in [-0.25, -0.2) is 0 Å². The average Bonchev–Trinajstić information content (AvgIpc) is 2.44. The van der Waals surface area contributed by atoms with E-state index in [4.69, 9.17) is 14.9 Å². The third-order valence-electron chi connectivity index (χ3n) is 3.23. The topological polar surface area (TPSA) is 70.0 Å². The predicted octanol–water partition coefficient (Wildman–Crippen LogP) is 1.57. The van der Waals surface area contributed by atoms with Crippen molar-refractivity contribution < 1.29 is 19.7 Å². The van der Waals surface area contributed by atoms with Gasteiger partial charge in [0.15, 0.2) is 0 Å². The maximum Gasteiger partial charge on any atom is 0.307 e. The van der Waals surface area contributed by atoms with Gasteiger partial charge < -0.3 is 14.9 Å². The maximum atomic E-state index is 11.5. The Morgan fingerprint density at radius 1 is 0.950 bits per heavy atom. The van der Waals surface area contributed by atoms with Crippen LogP contribution in [0.25, 0.3) is 0 Å². The number of carbonyl (C=O) groups is 1. The van der Waals surface area contributed by atoms with Crippen molar-refractivity contribution in [2.75, 3.05) is 39.5 Å². The molecule has 0 spiro atoms. The number of aliphatic hydroxyl groups excluding tert-OH is 2. The molecule has 0 radical (unpaired) electrons. The lowest BCUT2D eigenvalue weighted by atomic mass is 10.1. The molecule has 0 heterocycles. The van der Waals surface area contributed by atoms with Crippen molar-refractivity contribution in [1.29, 1.82) is 0 Å². The highest BCUT2D eigenvalue weighted by Crippen LogP contribution is 2.05. The zero-order valence-electron chi connectivity index (χ0n) is 12.9. The van der Waals surface area contributed by atoms with Gasteiger partial charge in [0.1, 0.15) is 0 Å². The molecule has 0 aliphatic carbocycles. The Kier molecular flexibility index (Phi) is 14.3. The summed E-state index contributed by atoms with van der Waals surface area (Å²) in [6.07, 6.45) is 7.38. The van der Waals surface area contributed by atoms with Crippen LogP contribution in [-0.2, 0) is 9.53 Å². The lowest BCUT2D eigenvalue weighted by Gasteiger charge is -2.19. The molecule has 120 valence electrons. The molecule has 0 bridgehead atoms. The molecule has 5 heteroatoms. The number of rotatable bonds is 14. The maximum absolute atomic E-state index is 11.5. The van der Waals surface area contributed by atoms with E-state index in [0.717, 1.165) is 12.8 Å². The molecule has 20 heavy (non-hydrogen) atoms. The Labute approximate surface area is 122 Å². The first-order valence-electron chi connectivity index (χ1n) is 7.84. The molecule has 0 aromatic heterocycles. The molecule has 0 unspecified atom stereocenters. The number of nitrogens with zero attached hydrogens (tertiary/aromatic N) is 1. The number of carbonyl (C=O) groups excluding carboxylic acids is 1. The van der Waals surface area contributed by atoms with Crippen LogP contribution in [0.4, 0.5) is 0 Å². The number of hydrogen-bond acceptors (Lipinski definition) is 5. The standard InChI is InChI=1S/C15H31NO4/c1-2-3-4-5-6-7-14-20-15(19)8-9-16(10-12-17)11-13-18/h17-18H,2-14H2,1H3. The molecule has 0 atom stereocenters. The quantitative estimate of drug-likeness (QED) is 0.375. The van der Waals surface area contributed by atoms with E-state index in [-0.39, 0.29) is 19.2 Å². The Hall–Kier alpha value is -0.650. The second-order valence-corrected chi connectivity index (χ2v) is 5.03. The minimum Gasteiger partial charge on any atom is -0.466 e. The van der Waals surface area contributed by atoms with Crippen LogP contribution in [-0.4, -0.2) is 60.5 Å². The van der Waals surface area contributed by atoms with Gasteiger partial charge in [0.25, 0.3) is 0 Å². The summed E-state index contributed by atoms with van der Waals surface area (Å²) < 4.78 is 5.16. The van der Waals surface area contributed by atoms with Crippen LogP contribution >= 0.6 is 0 Å². The normalized spacial score (nSPS) is 11.0. The van der Waals surface area contributed by atoms with Crippen LogP contribution < -0.4 is 0 Å². The van der Waals surface area contributed by atoms with E-state index in [1.54, 1.807) is 0 Å². The van der Waals surface area contributed by atoms with E-state index in [2.05, 4.69) is 6.92 Å². The van der Waals surface area contributed by atoms with Gasteiger partial charge in [0.05, 0.1) is 26.2 Å². The minimum atomic E-state index is -0.195. The molecule has 0 amide bonds. The molecule has 0 rings (SSSR count). The Morgan fingerprint density at radius 2 is 1.55 bits per heavy atom. The van der Waals surface area contributed by atoms with Gasteiger partial charge in [-0.15, -0.1) is 0 Å². The van der Waals surface area contributed by atoms with Crippen molar-refractivity contribution >= 4 is 5.97 Å². The molecule has 0 aliphatic rings. The second kappa shape index (κ2) is 14.8. The van der Waals surface area contributed by atoms with Gasteiger partial charge in [-0.2, -0.15) is 0 Å². The SMILES string of the molecule is CCCCCCCCOC(=O)CCN(CCO)CCO. The van der Waals surface area contributed by atoms with Crippen LogP contribution in [0.15, 0.2) is 0 Å². The molecular formula is C15H31NO4. The first-order valence-corrected chi connectivity index (χ1v) is 7.84. The highest BCUT2D eigenvalue weighted by Gasteiger charge is 2.08. The van der Waals surface area contributed by atoms with E-state index < -0.39 is 0 Å². The van der Waals surface area contributed by atoms with Crippen molar-refractivity contribution in [3.63, 3.8) is 0 Å². The first kappa shape index (κ1) is 19.4. The summed E-state index contributed by atoms with van der Waals surface area (Å²) in [7, 11) is 0. The summed E-state index contributed by atoms with van der Waals surface area (Å²) in [5, 5.41) is 17.7. The first-order chi connectivity index (χ1) is 9.74. The number of unbranched alkanes of at least 4 members (excludes halogenated alkanes) is 5. The Bertz CT molecular complexity index is 218. The van der Waals surface area contributed by atoms with Crippen molar-refractivity contribution in [3.8, 4) is 0 Å². The fourth-order valence-electron chi connectivity index (χ4n) is 2.01. The van der Waals surface area contributed by atoms with Gasteiger partial charge in [-0.1, -0.05) is 39.0 Å². The van der Waals surface area contributed by atoms with Crippen LogP contribution in [0.2, 0.25) is 0 Å². The lowest BCUT2D eigenvalue weighted by molar-refractivity contribution is -0.144. The summed E-state index contributed by atoms with van der Waals surface area (Å²) in [5.41, 5.74) is 0. The number of ether oxygens (including phenoxy) is 1.